The summed E-state index contributed by atoms with van der Waals surface area (Å²) in [5, 5.41) is 0. The normalized spacial score (nSPS) is 14.8. The summed E-state index contributed by atoms with van der Waals surface area (Å²) in [6, 6.07) is 0. The van der Waals surface area contributed by atoms with E-state index in [0.717, 1.165) is 6.26 Å². The van der Waals surface area contributed by atoms with Gasteiger partial charge in [0.2, 0.25) is 0 Å². The lowest BCUT2D eigenvalue weighted by molar-refractivity contribution is 0.0671. The van der Waals surface area contributed by atoms with E-state index in [4.69, 9.17) is 10.5 Å². The average molecular weight is 287 g/mol. The van der Waals surface area contributed by atoms with Gasteiger partial charge in [-0.25, -0.2) is 16.8 Å². The number of hydrogen-bond donors (Lipinski definition) is 1. The molecule has 1 atom stereocenters. The van der Waals surface area contributed by atoms with Crippen LogP contribution in [0.25, 0.3) is 0 Å². The second-order valence-corrected chi connectivity index (χ2v) is 8.45. The summed E-state index contributed by atoms with van der Waals surface area (Å²) in [7, 11) is -6.60. The van der Waals surface area contributed by atoms with Crippen molar-refractivity contribution in [3.8, 4) is 0 Å². The van der Waals surface area contributed by atoms with E-state index in [9.17, 15) is 16.8 Å². The van der Waals surface area contributed by atoms with Crippen LogP contribution in [0.5, 0.6) is 0 Å². The maximum Gasteiger partial charge on any atom is 0.151 e. The lowest BCUT2D eigenvalue weighted by atomic mass is 10.3. The summed E-state index contributed by atoms with van der Waals surface area (Å²) >= 11 is 0. The highest BCUT2D eigenvalue weighted by Gasteiger charge is 2.17. The molecule has 0 aromatic rings. The molecule has 0 rings (SSSR count). The van der Waals surface area contributed by atoms with Gasteiger partial charge in [0.25, 0.3) is 0 Å². The molecule has 1 unspecified atom stereocenters. The van der Waals surface area contributed by atoms with Gasteiger partial charge in [-0.3, -0.25) is 0 Å². The van der Waals surface area contributed by atoms with Gasteiger partial charge in [-0.05, 0) is 13.3 Å². The second-order valence-electron chi connectivity index (χ2n) is 3.88. The van der Waals surface area contributed by atoms with Crippen molar-refractivity contribution in [3.05, 3.63) is 0 Å². The molecule has 2 N–H and O–H groups in total. The molecular weight excluding hydrogens is 266 g/mol. The maximum absolute atomic E-state index is 11.5. The number of ether oxygens (including phenoxy) is 1. The predicted octanol–water partition coefficient (Wildman–Crippen LogP) is -0.800. The van der Waals surface area contributed by atoms with E-state index < -0.39 is 19.7 Å². The molecule has 0 aromatic carbocycles. The van der Waals surface area contributed by atoms with E-state index in [-0.39, 0.29) is 29.9 Å². The summed E-state index contributed by atoms with van der Waals surface area (Å²) in [6.45, 7) is 2.54. The van der Waals surface area contributed by atoms with Crippen molar-refractivity contribution in [1.82, 2.24) is 0 Å². The van der Waals surface area contributed by atoms with Crippen LogP contribution in [-0.4, -0.2) is 59.6 Å². The zero-order chi connectivity index (χ0) is 13.5. The molecule has 0 radical (unpaired) electrons. The topological polar surface area (TPSA) is 104 Å². The van der Waals surface area contributed by atoms with Gasteiger partial charge in [0.05, 0.1) is 23.4 Å². The fourth-order valence-electron chi connectivity index (χ4n) is 1.20. The van der Waals surface area contributed by atoms with E-state index in [1.165, 1.54) is 0 Å². The highest BCUT2D eigenvalue weighted by Crippen LogP contribution is 2.02. The monoisotopic (exact) mass is 287 g/mol. The molecule has 0 amide bonds. The van der Waals surface area contributed by atoms with E-state index in [1.54, 1.807) is 6.92 Å². The summed E-state index contributed by atoms with van der Waals surface area (Å²) < 4.78 is 50.0. The zero-order valence-electron chi connectivity index (χ0n) is 10.3. The standard InChI is InChI=1S/C9H21NO5S2/c1-3-15-9(8-10)4-5-17(13,14)7-6-16(2,11)12/h9H,3-8,10H2,1-2H3. The van der Waals surface area contributed by atoms with E-state index in [2.05, 4.69) is 0 Å². The molecule has 104 valence electrons. The molecule has 0 fully saturated rings. The van der Waals surface area contributed by atoms with E-state index >= 15 is 0 Å². The summed E-state index contributed by atoms with van der Waals surface area (Å²) in [5.74, 6) is -0.767. The molecule has 0 spiro atoms. The molecule has 8 heteroatoms. The molecule has 0 heterocycles. The van der Waals surface area contributed by atoms with Crippen molar-refractivity contribution in [2.75, 3.05) is 36.7 Å². The lowest BCUT2D eigenvalue weighted by Crippen LogP contribution is -2.28. The van der Waals surface area contributed by atoms with Gasteiger partial charge in [-0.15, -0.1) is 0 Å². The lowest BCUT2D eigenvalue weighted by Gasteiger charge is -2.14. The molecule has 0 bridgehead atoms. The minimum absolute atomic E-state index is 0.0929. The smallest absolute Gasteiger partial charge is 0.151 e. The van der Waals surface area contributed by atoms with Gasteiger partial charge < -0.3 is 10.5 Å². The van der Waals surface area contributed by atoms with Crippen molar-refractivity contribution >= 4 is 19.7 Å². The van der Waals surface area contributed by atoms with Crippen LogP contribution >= 0.6 is 0 Å². The Morgan fingerprint density at radius 1 is 1.12 bits per heavy atom. The Hall–Kier alpha value is -0.180. The van der Waals surface area contributed by atoms with E-state index in [1.807, 2.05) is 0 Å². The third-order valence-corrected chi connectivity index (χ3v) is 5.07. The molecule has 0 saturated carbocycles. The summed E-state index contributed by atoms with van der Waals surface area (Å²) in [5.41, 5.74) is 5.42. The zero-order valence-corrected chi connectivity index (χ0v) is 11.9. The van der Waals surface area contributed by atoms with Gasteiger partial charge in [0, 0.05) is 19.4 Å². The van der Waals surface area contributed by atoms with Crippen LogP contribution in [0.15, 0.2) is 0 Å². The van der Waals surface area contributed by atoms with Crippen LogP contribution in [0.3, 0.4) is 0 Å². The van der Waals surface area contributed by atoms with Crippen LogP contribution in [0.2, 0.25) is 0 Å². The van der Waals surface area contributed by atoms with E-state index in [0.29, 0.717) is 13.0 Å². The van der Waals surface area contributed by atoms with Crippen LogP contribution in [0, 0.1) is 0 Å². The van der Waals surface area contributed by atoms with Crippen LogP contribution in [0.4, 0.5) is 0 Å². The van der Waals surface area contributed by atoms with Crippen LogP contribution in [0.1, 0.15) is 13.3 Å². The van der Waals surface area contributed by atoms with Crippen molar-refractivity contribution in [2.24, 2.45) is 5.73 Å². The number of hydrogen-bond acceptors (Lipinski definition) is 6. The molecule has 0 saturated heterocycles. The quantitative estimate of drug-likeness (QED) is 0.595. The molecule has 0 aromatic heterocycles. The summed E-state index contributed by atoms with van der Waals surface area (Å²) in [6.07, 6.45) is 1.04. The Balaban J connectivity index is 4.18. The fourth-order valence-corrected chi connectivity index (χ4v) is 4.25. The molecule has 6 nitrogen and oxygen atoms in total. The predicted molar refractivity (Wildman–Crippen MR) is 67.5 cm³/mol. The Kier molecular flexibility index (Phi) is 7.22. The SMILES string of the molecule is CCOC(CN)CCS(=O)(=O)CCS(C)(=O)=O. The minimum atomic E-state index is -3.35. The highest BCUT2D eigenvalue weighted by molar-refractivity contribution is 7.94. The fraction of sp³-hybridized carbons (Fsp3) is 1.00. The first-order valence-corrected chi connectivity index (χ1v) is 9.28. The second kappa shape index (κ2) is 7.30. The van der Waals surface area contributed by atoms with Gasteiger partial charge in [0.15, 0.2) is 9.84 Å². The highest BCUT2D eigenvalue weighted by atomic mass is 32.2. The van der Waals surface area contributed by atoms with Crippen LogP contribution in [-0.2, 0) is 24.4 Å². The molecule has 17 heavy (non-hydrogen) atoms. The van der Waals surface area contributed by atoms with Gasteiger partial charge in [0.1, 0.15) is 9.84 Å². The molecule has 0 aliphatic heterocycles. The first-order valence-electron chi connectivity index (χ1n) is 5.40. The van der Waals surface area contributed by atoms with Crippen molar-refractivity contribution in [3.63, 3.8) is 0 Å². The number of rotatable bonds is 9. The van der Waals surface area contributed by atoms with Crippen molar-refractivity contribution in [1.29, 1.82) is 0 Å². The third kappa shape index (κ3) is 9.51. The van der Waals surface area contributed by atoms with Crippen LogP contribution < -0.4 is 5.73 Å². The summed E-state index contributed by atoms with van der Waals surface area (Å²) in [4.78, 5) is 0. The number of sulfone groups is 2. The number of nitrogens with two attached hydrogens (primary N) is 1. The van der Waals surface area contributed by atoms with Gasteiger partial charge in [-0.1, -0.05) is 0 Å². The largest absolute Gasteiger partial charge is 0.377 e. The van der Waals surface area contributed by atoms with Gasteiger partial charge >= 0.3 is 0 Å². The average Bonchev–Trinajstić information content (AvgIpc) is 2.21. The Morgan fingerprint density at radius 3 is 2.12 bits per heavy atom. The first-order chi connectivity index (χ1) is 7.70. The maximum atomic E-state index is 11.5. The van der Waals surface area contributed by atoms with Crippen molar-refractivity contribution < 1.29 is 21.6 Å². The Labute approximate surface area is 103 Å². The minimum Gasteiger partial charge on any atom is -0.377 e. The first kappa shape index (κ1) is 16.8. The van der Waals surface area contributed by atoms with Gasteiger partial charge in [-0.2, -0.15) is 0 Å². The molecule has 0 aliphatic carbocycles. The van der Waals surface area contributed by atoms with Crippen molar-refractivity contribution in [2.45, 2.75) is 19.4 Å². The Morgan fingerprint density at radius 2 is 1.71 bits per heavy atom. The Bertz CT molecular complexity index is 401. The third-order valence-electron chi connectivity index (χ3n) is 2.18. The molecule has 0 aliphatic rings. The molecular formula is C9H21NO5S2.